The summed E-state index contributed by atoms with van der Waals surface area (Å²) in [5.74, 6) is 2.03. The number of rotatable bonds is 4. The van der Waals surface area contributed by atoms with Crippen molar-refractivity contribution in [1.29, 1.82) is 0 Å². The zero-order valence-electron chi connectivity index (χ0n) is 10.9. The molecule has 1 aromatic heterocycles. The van der Waals surface area contributed by atoms with Gasteiger partial charge in [-0.05, 0) is 30.5 Å². The third-order valence-electron chi connectivity index (χ3n) is 3.42. The summed E-state index contributed by atoms with van der Waals surface area (Å²) in [6, 6.07) is 7.73. The Bertz CT molecular complexity index is 547. The van der Waals surface area contributed by atoms with Crippen molar-refractivity contribution in [3.63, 3.8) is 0 Å². The van der Waals surface area contributed by atoms with Crippen LogP contribution in [-0.4, -0.2) is 14.8 Å². The molecule has 0 bridgehead atoms. The lowest BCUT2D eigenvalue weighted by Gasteiger charge is -2.14. The van der Waals surface area contributed by atoms with Crippen LogP contribution in [0.5, 0.6) is 0 Å². The number of nitrogens with two attached hydrogens (primary N) is 1. The molecule has 0 fully saturated rings. The second-order valence-electron chi connectivity index (χ2n) is 4.88. The van der Waals surface area contributed by atoms with Gasteiger partial charge in [-0.3, -0.25) is 0 Å². The number of anilines is 1. The van der Waals surface area contributed by atoms with Crippen LogP contribution in [0.2, 0.25) is 0 Å². The number of hydrogen-bond donors (Lipinski definition) is 1. The highest BCUT2D eigenvalue weighted by atomic mass is 16.5. The highest BCUT2D eigenvalue weighted by Gasteiger charge is 2.15. The fourth-order valence-electron chi connectivity index (χ4n) is 2.35. The average molecular weight is 258 g/mol. The van der Waals surface area contributed by atoms with Crippen molar-refractivity contribution in [2.45, 2.75) is 39.0 Å². The van der Waals surface area contributed by atoms with Gasteiger partial charge in [0.2, 0.25) is 0 Å². The van der Waals surface area contributed by atoms with Gasteiger partial charge in [-0.25, -0.2) is 0 Å². The van der Waals surface area contributed by atoms with Crippen LogP contribution >= 0.6 is 0 Å². The number of benzene rings is 1. The van der Waals surface area contributed by atoms with E-state index in [-0.39, 0.29) is 0 Å². The molecule has 100 valence electrons. The minimum absolute atomic E-state index is 0.511. The van der Waals surface area contributed by atoms with E-state index in [1.54, 1.807) is 0 Å². The number of ether oxygens (including phenoxy) is 1. The summed E-state index contributed by atoms with van der Waals surface area (Å²) in [5.41, 5.74) is 7.54. The Morgan fingerprint density at radius 2 is 1.95 bits per heavy atom. The van der Waals surface area contributed by atoms with Crippen molar-refractivity contribution in [2.75, 3.05) is 5.73 Å². The summed E-state index contributed by atoms with van der Waals surface area (Å²) in [5, 5.41) is 8.42. The quantitative estimate of drug-likeness (QED) is 0.851. The zero-order valence-corrected chi connectivity index (χ0v) is 10.9. The molecule has 0 unspecified atom stereocenters. The molecule has 0 aliphatic carbocycles. The van der Waals surface area contributed by atoms with Crippen LogP contribution in [-0.2, 0) is 30.9 Å². The van der Waals surface area contributed by atoms with E-state index in [0.717, 1.165) is 35.9 Å². The molecule has 5 nitrogen and oxygen atoms in total. The van der Waals surface area contributed by atoms with Gasteiger partial charge in [0.1, 0.15) is 12.4 Å². The predicted molar refractivity (Wildman–Crippen MR) is 72.3 cm³/mol. The van der Waals surface area contributed by atoms with Crippen molar-refractivity contribution in [1.82, 2.24) is 14.8 Å². The maximum Gasteiger partial charge on any atom is 0.159 e. The normalized spacial score (nSPS) is 14.3. The fourth-order valence-corrected chi connectivity index (χ4v) is 2.35. The highest BCUT2D eigenvalue weighted by Crippen LogP contribution is 2.15. The fraction of sp³-hybridized carbons (Fsp3) is 0.429. The first kappa shape index (κ1) is 12.2. The second-order valence-corrected chi connectivity index (χ2v) is 4.88. The first-order valence-electron chi connectivity index (χ1n) is 6.66. The number of hydrogen-bond acceptors (Lipinski definition) is 4. The molecule has 2 heterocycles. The molecular weight excluding hydrogens is 240 g/mol. The summed E-state index contributed by atoms with van der Waals surface area (Å²) < 4.78 is 7.89. The van der Waals surface area contributed by atoms with Crippen molar-refractivity contribution in [2.24, 2.45) is 0 Å². The highest BCUT2D eigenvalue weighted by molar-refractivity contribution is 5.39. The Labute approximate surface area is 112 Å². The van der Waals surface area contributed by atoms with E-state index < -0.39 is 0 Å². The van der Waals surface area contributed by atoms with Gasteiger partial charge in [0.15, 0.2) is 5.82 Å². The Kier molecular flexibility index (Phi) is 3.46. The Morgan fingerprint density at radius 3 is 2.79 bits per heavy atom. The van der Waals surface area contributed by atoms with Crippen LogP contribution in [0.4, 0.5) is 5.69 Å². The molecule has 0 amide bonds. The van der Waals surface area contributed by atoms with E-state index in [1.807, 2.05) is 24.3 Å². The molecule has 5 heteroatoms. The lowest BCUT2D eigenvalue weighted by Crippen LogP contribution is -2.13. The lowest BCUT2D eigenvalue weighted by atomic mass is 10.2. The van der Waals surface area contributed by atoms with Gasteiger partial charge in [0, 0.05) is 18.7 Å². The van der Waals surface area contributed by atoms with E-state index in [0.29, 0.717) is 13.2 Å². The minimum Gasteiger partial charge on any atom is -0.399 e. The molecule has 1 aliphatic heterocycles. The van der Waals surface area contributed by atoms with Crippen molar-refractivity contribution < 1.29 is 4.74 Å². The molecule has 2 N–H and O–H groups in total. The molecule has 1 aromatic carbocycles. The first-order valence-corrected chi connectivity index (χ1v) is 6.66. The average Bonchev–Trinajstić information content (AvgIpc) is 2.85. The third-order valence-corrected chi connectivity index (χ3v) is 3.42. The van der Waals surface area contributed by atoms with Gasteiger partial charge in [-0.1, -0.05) is 12.1 Å². The van der Waals surface area contributed by atoms with E-state index in [9.17, 15) is 0 Å². The second kappa shape index (κ2) is 5.40. The van der Waals surface area contributed by atoms with Gasteiger partial charge in [-0.15, -0.1) is 10.2 Å². The van der Waals surface area contributed by atoms with Gasteiger partial charge in [0.05, 0.1) is 6.61 Å². The molecule has 0 radical (unpaired) electrons. The number of aromatic nitrogens is 3. The Hall–Kier alpha value is -1.88. The maximum absolute atomic E-state index is 5.71. The summed E-state index contributed by atoms with van der Waals surface area (Å²) in [7, 11) is 0. The van der Waals surface area contributed by atoms with Gasteiger partial charge < -0.3 is 15.0 Å². The number of nitrogen functional groups attached to an aromatic ring is 1. The van der Waals surface area contributed by atoms with E-state index >= 15 is 0 Å². The molecule has 19 heavy (non-hydrogen) atoms. The molecular formula is C14H18N4O. The van der Waals surface area contributed by atoms with E-state index in [4.69, 9.17) is 10.5 Å². The summed E-state index contributed by atoms with van der Waals surface area (Å²) in [4.78, 5) is 0. The van der Waals surface area contributed by atoms with Crippen molar-refractivity contribution in [3.05, 3.63) is 41.5 Å². The van der Waals surface area contributed by atoms with Crippen LogP contribution < -0.4 is 5.73 Å². The van der Waals surface area contributed by atoms with Crippen LogP contribution in [0, 0.1) is 0 Å². The zero-order chi connectivity index (χ0) is 13.1. The van der Waals surface area contributed by atoms with Gasteiger partial charge in [-0.2, -0.15) is 0 Å². The topological polar surface area (TPSA) is 66.0 Å². The van der Waals surface area contributed by atoms with Crippen molar-refractivity contribution in [3.8, 4) is 0 Å². The van der Waals surface area contributed by atoms with Crippen molar-refractivity contribution >= 4 is 5.69 Å². The van der Waals surface area contributed by atoms with Gasteiger partial charge >= 0.3 is 0 Å². The van der Waals surface area contributed by atoms with E-state index in [1.165, 1.54) is 12.8 Å². The van der Waals surface area contributed by atoms with Crippen LogP contribution in [0.15, 0.2) is 24.3 Å². The minimum atomic E-state index is 0.511. The smallest absolute Gasteiger partial charge is 0.159 e. The molecule has 0 atom stereocenters. The Balaban J connectivity index is 1.57. The molecule has 2 aromatic rings. The summed E-state index contributed by atoms with van der Waals surface area (Å²) >= 11 is 0. The molecule has 0 saturated carbocycles. The summed E-state index contributed by atoms with van der Waals surface area (Å²) in [6.45, 7) is 2.10. The molecule has 1 aliphatic rings. The van der Waals surface area contributed by atoms with E-state index in [2.05, 4.69) is 14.8 Å². The first-order chi connectivity index (χ1) is 9.33. The van der Waals surface area contributed by atoms with Crippen LogP contribution in [0.3, 0.4) is 0 Å². The van der Waals surface area contributed by atoms with Gasteiger partial charge in [0.25, 0.3) is 0 Å². The third kappa shape index (κ3) is 2.76. The molecule has 0 saturated heterocycles. The maximum atomic E-state index is 5.71. The van der Waals surface area contributed by atoms with Crippen LogP contribution in [0.1, 0.15) is 30.1 Å². The number of nitrogens with zero attached hydrogens (tertiary/aromatic N) is 3. The molecule has 3 rings (SSSR count). The predicted octanol–water partition coefficient (Wildman–Crippen LogP) is 1.91. The Morgan fingerprint density at radius 1 is 1.11 bits per heavy atom. The summed E-state index contributed by atoms with van der Waals surface area (Å²) in [6.07, 6.45) is 3.45. The number of fused-ring (bicyclic) bond motifs is 1. The monoisotopic (exact) mass is 258 g/mol. The standard InChI is InChI=1S/C14H18N4O/c15-12-6-4-11(5-7-12)9-19-10-14-17-16-13-3-1-2-8-18(13)14/h4-7H,1-3,8-10,15H2. The molecule has 0 spiro atoms. The van der Waals surface area contributed by atoms with Crippen LogP contribution in [0.25, 0.3) is 0 Å². The largest absolute Gasteiger partial charge is 0.399 e. The lowest BCUT2D eigenvalue weighted by molar-refractivity contribution is 0.0986. The SMILES string of the molecule is Nc1ccc(COCc2nnc3n2CCCC3)cc1. The number of aryl methyl sites for hydroxylation is 1.